The number of ketones is 1. The monoisotopic (exact) mass is 460 g/mol. The number of thiazole rings is 1. The van der Waals surface area contributed by atoms with Gasteiger partial charge in [0, 0.05) is 0 Å². The fourth-order valence-electron chi connectivity index (χ4n) is 3.91. The minimum absolute atomic E-state index is 0.0324. The van der Waals surface area contributed by atoms with Gasteiger partial charge in [-0.3, -0.25) is 14.5 Å². The Labute approximate surface area is 193 Å². The van der Waals surface area contributed by atoms with Crippen molar-refractivity contribution in [2.45, 2.75) is 19.9 Å². The summed E-state index contributed by atoms with van der Waals surface area (Å²) >= 11 is 1.29. The number of anilines is 1. The molecule has 0 aliphatic carbocycles. The number of aromatic nitrogens is 1. The van der Waals surface area contributed by atoms with Gasteiger partial charge in [0.1, 0.15) is 11.5 Å². The Kier molecular flexibility index (Phi) is 5.02. The van der Waals surface area contributed by atoms with Crippen molar-refractivity contribution in [3.05, 3.63) is 88.6 Å². The number of amides is 1. The molecular weight excluding hydrogens is 440 g/mol. The van der Waals surface area contributed by atoms with Crippen molar-refractivity contribution >= 4 is 38.4 Å². The van der Waals surface area contributed by atoms with Gasteiger partial charge in [0.25, 0.3) is 5.91 Å². The molecule has 1 aliphatic heterocycles. The molecule has 33 heavy (non-hydrogen) atoms. The minimum Gasteiger partial charge on any atom is -0.503 e. The van der Waals surface area contributed by atoms with Crippen LogP contribution in [0.25, 0.3) is 10.2 Å². The van der Waals surface area contributed by atoms with Gasteiger partial charge in [-0.2, -0.15) is 0 Å². The molecule has 2 aromatic carbocycles. The van der Waals surface area contributed by atoms with Crippen LogP contribution in [0, 0.1) is 13.8 Å². The summed E-state index contributed by atoms with van der Waals surface area (Å²) in [4.78, 5) is 32.6. The highest BCUT2D eigenvalue weighted by Gasteiger charge is 2.46. The molecule has 8 heteroatoms. The van der Waals surface area contributed by atoms with Gasteiger partial charge in [0.15, 0.2) is 16.7 Å². The molecule has 0 radical (unpaired) electrons. The lowest BCUT2D eigenvalue weighted by Gasteiger charge is -2.24. The van der Waals surface area contributed by atoms with Crippen molar-refractivity contribution in [2.75, 3.05) is 12.0 Å². The number of nitrogens with zero attached hydrogens (tertiary/aromatic N) is 2. The second-order valence-corrected chi connectivity index (χ2v) is 8.83. The second-order valence-electron chi connectivity index (χ2n) is 7.82. The van der Waals surface area contributed by atoms with Crippen LogP contribution in [0.2, 0.25) is 0 Å². The third kappa shape index (κ3) is 3.48. The number of aliphatic hydroxyl groups is 1. The Morgan fingerprint density at radius 2 is 1.88 bits per heavy atom. The maximum Gasteiger partial charge on any atom is 0.296 e. The summed E-state index contributed by atoms with van der Waals surface area (Å²) in [6, 6.07) is 15.3. The number of methoxy groups -OCH3 is 1. The Bertz CT molecular complexity index is 1430. The van der Waals surface area contributed by atoms with E-state index < -0.39 is 23.5 Å². The molecule has 1 unspecified atom stereocenters. The van der Waals surface area contributed by atoms with E-state index in [1.165, 1.54) is 16.2 Å². The predicted octanol–water partition coefficient (Wildman–Crippen LogP) is 5.30. The predicted molar refractivity (Wildman–Crippen MR) is 125 cm³/mol. The first-order valence-corrected chi connectivity index (χ1v) is 11.1. The minimum atomic E-state index is -0.849. The van der Waals surface area contributed by atoms with E-state index in [0.717, 1.165) is 10.3 Å². The van der Waals surface area contributed by atoms with E-state index in [4.69, 9.17) is 9.15 Å². The molecule has 166 valence electrons. The third-order valence-corrected chi connectivity index (χ3v) is 6.62. The van der Waals surface area contributed by atoms with Crippen molar-refractivity contribution in [2.24, 2.45) is 0 Å². The average Bonchev–Trinajstić information content (AvgIpc) is 3.49. The molecule has 0 fully saturated rings. The Morgan fingerprint density at radius 1 is 1.12 bits per heavy atom. The number of Topliss-reactive ketones (excluding diaryl/α,β-unsaturated/α-hetero) is 1. The second kappa shape index (κ2) is 7.90. The molecule has 2 aromatic heterocycles. The van der Waals surface area contributed by atoms with Crippen LogP contribution in [-0.2, 0) is 4.79 Å². The maximum absolute atomic E-state index is 13.4. The van der Waals surface area contributed by atoms with E-state index in [9.17, 15) is 14.7 Å². The topological polar surface area (TPSA) is 92.9 Å². The maximum atomic E-state index is 13.4. The lowest BCUT2D eigenvalue weighted by Crippen LogP contribution is -2.30. The van der Waals surface area contributed by atoms with Crippen molar-refractivity contribution in [1.82, 2.24) is 4.98 Å². The number of hydrogen-bond donors (Lipinski definition) is 1. The number of aryl methyl sites for hydroxylation is 2. The van der Waals surface area contributed by atoms with Gasteiger partial charge >= 0.3 is 0 Å². The van der Waals surface area contributed by atoms with Crippen LogP contribution in [0.15, 0.2) is 70.3 Å². The number of furan rings is 1. The summed E-state index contributed by atoms with van der Waals surface area (Å²) in [5, 5.41) is 11.2. The molecule has 1 amide bonds. The molecule has 1 aliphatic rings. The zero-order chi connectivity index (χ0) is 23.3. The first-order chi connectivity index (χ1) is 15.9. The van der Waals surface area contributed by atoms with Gasteiger partial charge in [-0.05, 0) is 49.7 Å². The fraction of sp³-hybridized carbons (Fsp3) is 0.160. The molecule has 1 atom stereocenters. The van der Waals surface area contributed by atoms with Crippen LogP contribution in [0.1, 0.15) is 33.5 Å². The van der Waals surface area contributed by atoms with Gasteiger partial charge in [-0.1, -0.05) is 41.2 Å². The summed E-state index contributed by atoms with van der Waals surface area (Å²) in [7, 11) is 1.58. The highest BCUT2D eigenvalue weighted by Crippen LogP contribution is 2.44. The summed E-state index contributed by atoms with van der Waals surface area (Å²) in [6.07, 6.45) is 0. The number of hydrogen-bond acceptors (Lipinski definition) is 7. The molecule has 4 aromatic rings. The van der Waals surface area contributed by atoms with E-state index >= 15 is 0 Å². The highest BCUT2D eigenvalue weighted by atomic mass is 32.1. The van der Waals surface area contributed by atoms with E-state index in [0.29, 0.717) is 27.7 Å². The quantitative estimate of drug-likeness (QED) is 0.407. The van der Waals surface area contributed by atoms with E-state index in [-0.39, 0.29) is 11.3 Å². The first kappa shape index (κ1) is 21.0. The van der Waals surface area contributed by atoms with E-state index in [2.05, 4.69) is 4.98 Å². The summed E-state index contributed by atoms with van der Waals surface area (Å²) in [6.45, 7) is 3.68. The van der Waals surface area contributed by atoms with Crippen molar-refractivity contribution in [1.29, 1.82) is 0 Å². The van der Waals surface area contributed by atoms with Crippen LogP contribution in [0.4, 0.5) is 5.13 Å². The summed E-state index contributed by atoms with van der Waals surface area (Å²) in [5.41, 5.74) is 2.37. The average molecular weight is 461 g/mol. The Hall–Kier alpha value is -3.91. The molecule has 0 bridgehead atoms. The lowest BCUT2D eigenvalue weighted by atomic mass is 9.94. The number of carbonyl (C=O) groups is 2. The van der Waals surface area contributed by atoms with Crippen molar-refractivity contribution in [3.63, 3.8) is 0 Å². The number of fused-ring (bicyclic) bond motifs is 1. The van der Waals surface area contributed by atoms with Crippen molar-refractivity contribution in [3.8, 4) is 5.75 Å². The smallest absolute Gasteiger partial charge is 0.296 e. The van der Waals surface area contributed by atoms with Crippen LogP contribution < -0.4 is 9.64 Å². The van der Waals surface area contributed by atoms with E-state index in [1.807, 2.05) is 37.3 Å². The molecule has 1 N–H and O–H groups in total. The highest BCUT2D eigenvalue weighted by molar-refractivity contribution is 7.22. The van der Waals surface area contributed by atoms with Gasteiger partial charge < -0.3 is 14.3 Å². The summed E-state index contributed by atoms with van der Waals surface area (Å²) in [5.74, 6) is -0.522. The van der Waals surface area contributed by atoms with Gasteiger partial charge in [0.2, 0.25) is 5.78 Å². The number of ether oxygens (including phenoxy) is 1. The number of benzene rings is 2. The zero-order valence-corrected chi connectivity index (χ0v) is 19.0. The van der Waals surface area contributed by atoms with Crippen LogP contribution in [0.5, 0.6) is 5.75 Å². The van der Waals surface area contributed by atoms with Crippen molar-refractivity contribution < 1.29 is 23.8 Å². The molecular formula is C25H20N2O5S. The summed E-state index contributed by atoms with van der Waals surface area (Å²) < 4.78 is 11.6. The molecule has 0 spiro atoms. The zero-order valence-electron chi connectivity index (χ0n) is 18.2. The van der Waals surface area contributed by atoms with Crippen LogP contribution >= 0.6 is 11.3 Å². The van der Waals surface area contributed by atoms with Gasteiger partial charge in [-0.25, -0.2) is 4.98 Å². The molecule has 0 saturated heterocycles. The molecule has 5 rings (SSSR count). The fourth-order valence-corrected chi connectivity index (χ4v) is 4.93. The Balaban J connectivity index is 1.66. The largest absolute Gasteiger partial charge is 0.503 e. The SMILES string of the molecule is COc1ccc2nc(N3C(=O)C(O)=C(C(=O)c4ccc(C)o4)C3c3ccc(C)cc3)sc2c1. The molecule has 3 heterocycles. The van der Waals surface area contributed by atoms with Crippen LogP contribution in [-0.4, -0.2) is 28.9 Å². The lowest BCUT2D eigenvalue weighted by molar-refractivity contribution is -0.117. The standard InChI is InChI=1S/C25H20N2O5S/c1-13-4-7-15(8-5-13)21-20(22(28)18-11-6-14(2)32-18)23(29)24(30)27(21)25-26-17-10-9-16(31-3)12-19(17)33-25/h4-12,21,29H,1-3H3. The normalized spacial score (nSPS) is 16.2. The number of aliphatic hydroxyl groups excluding tert-OH is 1. The molecule has 0 saturated carbocycles. The molecule has 7 nitrogen and oxygen atoms in total. The first-order valence-electron chi connectivity index (χ1n) is 10.3. The van der Waals surface area contributed by atoms with E-state index in [1.54, 1.807) is 38.3 Å². The number of rotatable bonds is 5. The Morgan fingerprint density at radius 3 is 2.55 bits per heavy atom. The van der Waals surface area contributed by atoms with Crippen LogP contribution in [0.3, 0.4) is 0 Å². The number of carbonyl (C=O) groups excluding carboxylic acids is 2. The van der Waals surface area contributed by atoms with Gasteiger partial charge in [0.05, 0.1) is 28.9 Å². The third-order valence-electron chi connectivity index (χ3n) is 5.60. The van der Waals surface area contributed by atoms with Gasteiger partial charge in [-0.15, -0.1) is 0 Å².